The van der Waals surface area contributed by atoms with Gasteiger partial charge in [-0.2, -0.15) is 23.7 Å². The van der Waals surface area contributed by atoms with Crippen molar-refractivity contribution in [3.8, 4) is 12.1 Å². The summed E-state index contributed by atoms with van der Waals surface area (Å²) in [7, 11) is 0. The third kappa shape index (κ3) is 7.80. The van der Waals surface area contributed by atoms with Crippen LogP contribution in [0.5, 0.6) is 0 Å². The molecule has 0 aliphatic heterocycles. The predicted octanol–water partition coefficient (Wildman–Crippen LogP) is 7.83. The van der Waals surface area contributed by atoms with Crippen LogP contribution in [-0.4, -0.2) is 0 Å². The quantitative estimate of drug-likeness (QED) is 0.228. The number of benzene rings is 2. The molecule has 35 heavy (non-hydrogen) atoms. The van der Waals surface area contributed by atoms with Crippen molar-refractivity contribution in [3.05, 3.63) is 69.0 Å². The highest BCUT2D eigenvalue weighted by atomic mass is 19.4. The summed E-state index contributed by atoms with van der Waals surface area (Å²) in [4.78, 5) is 0. The Labute approximate surface area is 192 Å². The first-order valence-electron chi connectivity index (χ1n) is 9.38. The van der Waals surface area contributed by atoms with Crippen molar-refractivity contribution >= 4 is 0 Å². The minimum absolute atomic E-state index is 0.869. The van der Waals surface area contributed by atoms with Crippen LogP contribution >= 0.6 is 0 Å². The Bertz CT molecular complexity index is 1040. The molecule has 0 fully saturated rings. The van der Waals surface area contributed by atoms with Crippen LogP contribution < -0.4 is 0 Å². The fourth-order valence-corrected chi connectivity index (χ4v) is 2.04. The van der Waals surface area contributed by atoms with E-state index in [0.29, 0.717) is 0 Å². The van der Waals surface area contributed by atoms with Gasteiger partial charge >= 0.3 is 6.18 Å². The van der Waals surface area contributed by atoms with Gasteiger partial charge in [-0.3, -0.25) is 0 Å². The molecule has 0 radical (unpaired) electrons. The van der Waals surface area contributed by atoms with Crippen molar-refractivity contribution < 1.29 is 52.7 Å². The van der Waals surface area contributed by atoms with Crippen LogP contribution in [0.2, 0.25) is 0 Å². The minimum Gasteiger partial charge on any atom is -0.203 e. The molecule has 0 atom stereocenters. The molecule has 0 spiro atoms. The van der Waals surface area contributed by atoms with Crippen LogP contribution in [0.15, 0.2) is 0 Å². The van der Waals surface area contributed by atoms with E-state index in [1.165, 1.54) is 12.1 Å². The number of hydrogen-bond acceptors (Lipinski definition) is 2. The lowest BCUT2D eigenvalue weighted by Crippen LogP contribution is -2.17. The topological polar surface area (TPSA) is 47.6 Å². The molecule has 2 aromatic carbocycles. The predicted molar refractivity (Wildman–Crippen MR) is 98.8 cm³/mol. The monoisotopic (exact) mass is 524 g/mol. The van der Waals surface area contributed by atoms with E-state index in [1.54, 1.807) is 0 Å². The van der Waals surface area contributed by atoms with Gasteiger partial charge in [0.05, 0.1) is 25.0 Å². The van der Waals surface area contributed by atoms with Crippen molar-refractivity contribution in [2.75, 3.05) is 0 Å². The van der Waals surface area contributed by atoms with Crippen LogP contribution in [0.3, 0.4) is 0 Å². The van der Waals surface area contributed by atoms with Gasteiger partial charge in [-0.1, -0.05) is 27.7 Å². The third-order valence-electron chi connectivity index (χ3n) is 3.45. The second-order valence-corrected chi connectivity index (χ2v) is 5.33. The first kappa shape index (κ1) is 33.8. The van der Waals surface area contributed by atoms with Crippen LogP contribution in [0.1, 0.15) is 44.4 Å². The summed E-state index contributed by atoms with van der Waals surface area (Å²) >= 11 is 0. The Morgan fingerprint density at radius 3 is 0.943 bits per heavy atom. The molecule has 0 unspecified atom stereocenters. The zero-order valence-electron chi connectivity index (χ0n) is 18.3. The van der Waals surface area contributed by atoms with Gasteiger partial charge in [0.25, 0.3) is 0 Å². The summed E-state index contributed by atoms with van der Waals surface area (Å²) in [6.07, 6.45) is -7.52. The Morgan fingerprint density at radius 2 is 0.714 bits per heavy atom. The van der Waals surface area contributed by atoms with Crippen LogP contribution in [0.25, 0.3) is 0 Å². The summed E-state index contributed by atoms with van der Waals surface area (Å²) in [6.45, 7) is 8.00. The molecule has 0 amide bonds. The maximum atomic E-state index is 13.0. The van der Waals surface area contributed by atoms with Crippen molar-refractivity contribution in [1.82, 2.24) is 0 Å². The Balaban J connectivity index is 0. The van der Waals surface area contributed by atoms with E-state index in [0.717, 1.165) is 0 Å². The number of nitriles is 2. The van der Waals surface area contributed by atoms with Gasteiger partial charge in [-0.15, -0.1) is 0 Å². The van der Waals surface area contributed by atoms with Crippen molar-refractivity contribution in [3.63, 3.8) is 0 Å². The standard InChI is InChI=1S/C9H2F7N.C8H2F5N.2C2H6/c10-5-3(1-2-17)6(11)8(13)4(7(5)12)9(14,15)16;9-4-3(1-2-14)5(10)7(12)8(13)6(4)11;2*1-2/h1H2;1H2;2*1-2H3. The Morgan fingerprint density at radius 1 is 0.486 bits per heavy atom. The molecule has 0 saturated heterocycles. The van der Waals surface area contributed by atoms with E-state index in [2.05, 4.69) is 0 Å². The highest BCUT2D eigenvalue weighted by molar-refractivity contribution is 5.33. The number of hydrogen-bond donors (Lipinski definition) is 0. The molecule has 2 nitrogen and oxygen atoms in total. The van der Waals surface area contributed by atoms with Gasteiger partial charge in [0.15, 0.2) is 46.5 Å². The largest absolute Gasteiger partial charge is 0.422 e. The smallest absolute Gasteiger partial charge is 0.203 e. The van der Waals surface area contributed by atoms with E-state index in [9.17, 15) is 52.7 Å². The molecule has 2 rings (SSSR count). The molecule has 194 valence electrons. The average molecular weight is 524 g/mol. The van der Waals surface area contributed by atoms with Gasteiger partial charge in [0.2, 0.25) is 5.82 Å². The van der Waals surface area contributed by atoms with E-state index >= 15 is 0 Å². The maximum Gasteiger partial charge on any atom is 0.422 e. The normalized spacial score (nSPS) is 9.89. The van der Waals surface area contributed by atoms with E-state index in [-0.39, 0.29) is 0 Å². The van der Waals surface area contributed by atoms with Crippen molar-refractivity contribution in [1.29, 1.82) is 10.5 Å². The highest BCUT2D eigenvalue weighted by Crippen LogP contribution is 2.36. The first-order valence-corrected chi connectivity index (χ1v) is 9.38. The molecule has 0 saturated carbocycles. The van der Waals surface area contributed by atoms with Gasteiger partial charge < -0.3 is 0 Å². The SMILES string of the molecule is CC.CC.N#CCc1c(F)c(F)c(C(F)(F)F)c(F)c1F.N#CCc1c(F)c(F)c(F)c(F)c1F. The fraction of sp³-hybridized carbons (Fsp3) is 0.333. The molecule has 14 heteroatoms. The van der Waals surface area contributed by atoms with Gasteiger partial charge in [0, 0.05) is 11.1 Å². The summed E-state index contributed by atoms with van der Waals surface area (Å²) < 4.78 is 151. The van der Waals surface area contributed by atoms with Gasteiger partial charge in [-0.05, 0) is 0 Å². The van der Waals surface area contributed by atoms with E-state index in [1.807, 2.05) is 27.7 Å². The van der Waals surface area contributed by atoms with E-state index < -0.39 is 88.1 Å². The zero-order valence-corrected chi connectivity index (χ0v) is 18.3. The van der Waals surface area contributed by atoms with Gasteiger partial charge in [0.1, 0.15) is 5.56 Å². The number of alkyl halides is 3. The van der Waals surface area contributed by atoms with E-state index in [4.69, 9.17) is 10.5 Å². The lowest BCUT2D eigenvalue weighted by molar-refractivity contribution is -0.143. The molecule has 0 N–H and O–H groups in total. The summed E-state index contributed by atoms with van der Waals surface area (Å²) in [6, 6.07) is 2.49. The zero-order chi connectivity index (χ0) is 28.3. The average Bonchev–Trinajstić information content (AvgIpc) is 2.83. The van der Waals surface area contributed by atoms with Crippen LogP contribution in [0.4, 0.5) is 52.7 Å². The maximum absolute atomic E-state index is 13.0. The number of nitrogens with zero attached hydrogens (tertiary/aromatic N) is 2. The Kier molecular flexibility index (Phi) is 14.2. The van der Waals surface area contributed by atoms with Crippen molar-refractivity contribution in [2.24, 2.45) is 0 Å². The lowest BCUT2D eigenvalue weighted by atomic mass is 10.1. The third-order valence-corrected chi connectivity index (χ3v) is 3.45. The molecular weight excluding hydrogens is 508 g/mol. The first-order chi connectivity index (χ1) is 16.2. The second kappa shape index (κ2) is 14.8. The summed E-state index contributed by atoms with van der Waals surface area (Å²) in [5.74, 6) is -19.7. The molecule has 0 heterocycles. The second-order valence-electron chi connectivity index (χ2n) is 5.33. The van der Waals surface area contributed by atoms with Crippen LogP contribution in [0, 0.1) is 75.0 Å². The minimum atomic E-state index is -5.57. The molecular formula is C21H16F12N2. The summed E-state index contributed by atoms with van der Waals surface area (Å²) in [5, 5.41) is 16.2. The summed E-state index contributed by atoms with van der Waals surface area (Å²) in [5.41, 5.74) is -5.12. The highest BCUT2D eigenvalue weighted by Gasteiger charge is 2.42. The molecule has 0 aromatic heterocycles. The van der Waals surface area contributed by atoms with Crippen molar-refractivity contribution in [2.45, 2.75) is 46.7 Å². The lowest BCUT2D eigenvalue weighted by Gasteiger charge is -2.12. The number of rotatable bonds is 2. The molecule has 0 bridgehead atoms. The number of halogens is 12. The molecule has 0 aliphatic rings. The molecule has 0 aliphatic carbocycles. The molecule has 2 aromatic rings. The fourth-order valence-electron chi connectivity index (χ4n) is 2.04. The Hall–Kier alpha value is -3.42. The van der Waals surface area contributed by atoms with Gasteiger partial charge in [-0.25, -0.2) is 39.5 Å². The van der Waals surface area contributed by atoms with Crippen LogP contribution in [-0.2, 0) is 19.0 Å².